The van der Waals surface area contributed by atoms with Crippen molar-refractivity contribution in [1.29, 1.82) is 0 Å². The number of nitrogens with zero attached hydrogens (tertiary/aromatic N) is 1. The monoisotopic (exact) mass is 473 g/mol. The van der Waals surface area contributed by atoms with Crippen molar-refractivity contribution in [3.05, 3.63) is 95.6 Å². The van der Waals surface area contributed by atoms with Crippen LogP contribution in [0.4, 0.5) is 0 Å². The molecule has 0 aromatic heterocycles. The molecule has 0 spiro atoms. The molecule has 3 aromatic carbocycles. The van der Waals surface area contributed by atoms with Crippen molar-refractivity contribution in [2.24, 2.45) is 0 Å². The Balaban J connectivity index is 1.38. The SMILES string of the molecule is COc1ccc(CN[C@H]2C[C@@H](C(=O)NCCc3ccccc3)N(Cc3cccc(OC)c3)C2)cc1. The minimum absolute atomic E-state index is 0.0950. The zero-order chi connectivity index (χ0) is 24.5. The number of likely N-dealkylation sites (tertiary alicyclic amines) is 1. The summed E-state index contributed by atoms with van der Waals surface area (Å²) in [7, 11) is 3.35. The molecule has 3 aromatic rings. The van der Waals surface area contributed by atoms with Crippen LogP contribution in [0.1, 0.15) is 23.1 Å². The summed E-state index contributed by atoms with van der Waals surface area (Å²) in [6.07, 6.45) is 1.60. The highest BCUT2D eigenvalue weighted by Gasteiger charge is 2.36. The van der Waals surface area contributed by atoms with E-state index in [0.29, 0.717) is 13.1 Å². The van der Waals surface area contributed by atoms with E-state index < -0.39 is 0 Å². The summed E-state index contributed by atoms with van der Waals surface area (Å²) in [6, 6.07) is 26.5. The van der Waals surface area contributed by atoms with Gasteiger partial charge in [0.05, 0.1) is 20.3 Å². The largest absolute Gasteiger partial charge is 0.497 e. The lowest BCUT2D eigenvalue weighted by molar-refractivity contribution is -0.125. The van der Waals surface area contributed by atoms with Crippen molar-refractivity contribution >= 4 is 5.91 Å². The van der Waals surface area contributed by atoms with Crippen LogP contribution < -0.4 is 20.1 Å². The summed E-state index contributed by atoms with van der Waals surface area (Å²) < 4.78 is 10.6. The minimum Gasteiger partial charge on any atom is -0.497 e. The second-order valence-corrected chi connectivity index (χ2v) is 8.98. The van der Waals surface area contributed by atoms with Gasteiger partial charge in [-0.2, -0.15) is 0 Å². The molecular formula is C29H35N3O3. The van der Waals surface area contributed by atoms with Gasteiger partial charge in [-0.15, -0.1) is 0 Å². The maximum atomic E-state index is 13.2. The fourth-order valence-electron chi connectivity index (χ4n) is 4.60. The molecule has 1 amide bonds. The first-order chi connectivity index (χ1) is 17.1. The first-order valence-electron chi connectivity index (χ1n) is 12.2. The van der Waals surface area contributed by atoms with Crippen molar-refractivity contribution in [3.8, 4) is 11.5 Å². The molecule has 0 bridgehead atoms. The Hall–Kier alpha value is -3.35. The van der Waals surface area contributed by atoms with Gasteiger partial charge in [0.25, 0.3) is 0 Å². The van der Waals surface area contributed by atoms with Gasteiger partial charge in [-0.3, -0.25) is 9.69 Å². The summed E-state index contributed by atoms with van der Waals surface area (Å²) in [5, 5.41) is 6.82. The quantitative estimate of drug-likeness (QED) is 0.444. The standard InChI is InChI=1S/C29H35N3O3/c1-34-26-13-11-23(12-14-26)19-31-25-18-28(29(33)30-16-15-22-7-4-3-5-8-22)32(21-25)20-24-9-6-10-27(17-24)35-2/h3-14,17,25,28,31H,15-16,18-21H2,1-2H3,(H,30,33)/t25-,28-/m0/s1. The van der Waals surface area contributed by atoms with Crippen LogP contribution in [0.2, 0.25) is 0 Å². The fourth-order valence-corrected chi connectivity index (χ4v) is 4.60. The molecule has 0 saturated carbocycles. The number of rotatable bonds is 11. The fraction of sp³-hybridized carbons (Fsp3) is 0.345. The van der Waals surface area contributed by atoms with Crippen LogP contribution in [0.15, 0.2) is 78.9 Å². The van der Waals surface area contributed by atoms with Crippen molar-refractivity contribution < 1.29 is 14.3 Å². The summed E-state index contributed by atoms with van der Waals surface area (Å²) >= 11 is 0. The molecule has 4 rings (SSSR count). The van der Waals surface area contributed by atoms with Gasteiger partial charge < -0.3 is 20.1 Å². The third kappa shape index (κ3) is 7.07. The highest BCUT2D eigenvalue weighted by atomic mass is 16.5. The number of methoxy groups -OCH3 is 2. The third-order valence-electron chi connectivity index (χ3n) is 6.54. The lowest BCUT2D eigenvalue weighted by Crippen LogP contribution is -2.43. The van der Waals surface area contributed by atoms with E-state index in [1.54, 1.807) is 14.2 Å². The van der Waals surface area contributed by atoms with E-state index in [-0.39, 0.29) is 18.0 Å². The molecule has 184 valence electrons. The van der Waals surface area contributed by atoms with Gasteiger partial charge >= 0.3 is 0 Å². The van der Waals surface area contributed by atoms with Gasteiger partial charge in [0, 0.05) is 32.2 Å². The van der Waals surface area contributed by atoms with E-state index in [9.17, 15) is 4.79 Å². The Bertz CT molecular complexity index is 1070. The van der Waals surface area contributed by atoms with Crippen molar-refractivity contribution in [2.45, 2.75) is 38.0 Å². The molecule has 1 heterocycles. The zero-order valence-corrected chi connectivity index (χ0v) is 20.6. The lowest BCUT2D eigenvalue weighted by atomic mass is 10.1. The predicted molar refractivity (Wildman–Crippen MR) is 139 cm³/mol. The van der Waals surface area contributed by atoms with Crippen LogP contribution in [0.25, 0.3) is 0 Å². The molecule has 6 nitrogen and oxygen atoms in total. The topological polar surface area (TPSA) is 62.8 Å². The lowest BCUT2D eigenvalue weighted by Gasteiger charge is -2.24. The molecule has 1 aliphatic heterocycles. The Morgan fingerprint density at radius 1 is 0.886 bits per heavy atom. The Morgan fingerprint density at radius 3 is 2.37 bits per heavy atom. The molecule has 0 aliphatic carbocycles. The van der Waals surface area contributed by atoms with E-state index in [2.05, 4.69) is 45.9 Å². The van der Waals surface area contributed by atoms with E-state index in [1.807, 2.05) is 48.5 Å². The molecule has 1 fully saturated rings. The van der Waals surface area contributed by atoms with Crippen molar-refractivity contribution in [2.75, 3.05) is 27.3 Å². The number of hydrogen-bond acceptors (Lipinski definition) is 5. The van der Waals surface area contributed by atoms with Crippen LogP contribution in [-0.2, 0) is 24.3 Å². The summed E-state index contributed by atoms with van der Waals surface area (Å²) in [4.78, 5) is 15.5. The van der Waals surface area contributed by atoms with Gasteiger partial charge in [-0.05, 0) is 53.8 Å². The normalized spacial score (nSPS) is 17.8. The second-order valence-electron chi connectivity index (χ2n) is 8.98. The molecule has 2 N–H and O–H groups in total. The Kier molecular flexibility index (Phi) is 8.76. The van der Waals surface area contributed by atoms with Gasteiger partial charge in [0.1, 0.15) is 11.5 Å². The van der Waals surface area contributed by atoms with E-state index in [1.165, 1.54) is 11.1 Å². The number of ether oxygens (including phenoxy) is 2. The van der Waals surface area contributed by atoms with Crippen LogP contribution >= 0.6 is 0 Å². The Morgan fingerprint density at radius 2 is 1.63 bits per heavy atom. The third-order valence-corrected chi connectivity index (χ3v) is 6.54. The molecule has 6 heteroatoms. The van der Waals surface area contributed by atoms with Gasteiger partial charge in [0.15, 0.2) is 0 Å². The van der Waals surface area contributed by atoms with Gasteiger partial charge in [-0.25, -0.2) is 0 Å². The number of carbonyl (C=O) groups excluding carboxylic acids is 1. The number of nitrogens with one attached hydrogen (secondary N) is 2. The van der Waals surface area contributed by atoms with E-state index in [4.69, 9.17) is 9.47 Å². The van der Waals surface area contributed by atoms with Gasteiger partial charge in [0.2, 0.25) is 5.91 Å². The average Bonchev–Trinajstić information content (AvgIpc) is 3.31. The Labute approximate surface area is 208 Å². The molecular weight excluding hydrogens is 438 g/mol. The minimum atomic E-state index is -0.176. The van der Waals surface area contributed by atoms with Crippen LogP contribution in [0.3, 0.4) is 0 Å². The summed E-state index contributed by atoms with van der Waals surface area (Å²) in [5.74, 6) is 1.78. The molecule has 2 atom stereocenters. The highest BCUT2D eigenvalue weighted by molar-refractivity contribution is 5.82. The average molecular weight is 474 g/mol. The summed E-state index contributed by atoms with van der Waals surface area (Å²) in [6.45, 7) is 2.90. The smallest absolute Gasteiger partial charge is 0.237 e. The van der Waals surface area contributed by atoms with Crippen molar-refractivity contribution in [1.82, 2.24) is 15.5 Å². The van der Waals surface area contributed by atoms with Crippen LogP contribution in [0.5, 0.6) is 11.5 Å². The summed E-state index contributed by atoms with van der Waals surface area (Å²) in [5.41, 5.74) is 3.56. The van der Waals surface area contributed by atoms with Gasteiger partial charge in [-0.1, -0.05) is 54.6 Å². The van der Waals surface area contributed by atoms with Crippen molar-refractivity contribution in [3.63, 3.8) is 0 Å². The maximum Gasteiger partial charge on any atom is 0.237 e. The molecule has 1 aliphatic rings. The first-order valence-corrected chi connectivity index (χ1v) is 12.2. The zero-order valence-electron chi connectivity index (χ0n) is 20.6. The molecule has 35 heavy (non-hydrogen) atoms. The van der Waals surface area contributed by atoms with E-state index >= 15 is 0 Å². The van der Waals surface area contributed by atoms with E-state index in [0.717, 1.165) is 43.0 Å². The molecule has 0 unspecified atom stereocenters. The molecule has 1 saturated heterocycles. The number of carbonyl (C=O) groups is 1. The highest BCUT2D eigenvalue weighted by Crippen LogP contribution is 2.23. The second kappa shape index (κ2) is 12.4. The maximum absolute atomic E-state index is 13.2. The van der Waals surface area contributed by atoms with Crippen LogP contribution in [0, 0.1) is 0 Å². The molecule has 0 radical (unpaired) electrons. The predicted octanol–water partition coefficient (Wildman–Crippen LogP) is 3.80. The number of benzene rings is 3. The van der Waals surface area contributed by atoms with Crippen LogP contribution in [-0.4, -0.2) is 50.2 Å². The first kappa shape index (κ1) is 24.8. The number of amides is 1. The number of hydrogen-bond donors (Lipinski definition) is 2.